The number of piperazine rings is 1. The van der Waals surface area contributed by atoms with E-state index in [1.807, 2.05) is 18.2 Å². The van der Waals surface area contributed by atoms with Gasteiger partial charge in [-0.2, -0.15) is 13.2 Å². The van der Waals surface area contributed by atoms with Crippen molar-refractivity contribution in [3.05, 3.63) is 54.6 Å². The Balaban J connectivity index is 1.34. The molecule has 0 aliphatic carbocycles. The molecule has 4 heterocycles. The maximum absolute atomic E-state index is 12.5. The molecule has 0 spiro atoms. The highest BCUT2D eigenvalue weighted by molar-refractivity contribution is 7.22. The van der Waals surface area contributed by atoms with Crippen molar-refractivity contribution >= 4 is 39.0 Å². The van der Waals surface area contributed by atoms with Gasteiger partial charge in [0.05, 0.1) is 21.6 Å². The molecule has 0 amide bonds. The van der Waals surface area contributed by atoms with Crippen molar-refractivity contribution in [2.24, 2.45) is 0 Å². The zero-order valence-electron chi connectivity index (χ0n) is 18.3. The largest absolute Gasteiger partial charge is 0.491 e. The molecular formula is C23H20F3N5O3S. The number of nitrogens with zero attached hydrogens (tertiary/aromatic N) is 3. The molecule has 1 fully saturated rings. The van der Waals surface area contributed by atoms with Crippen LogP contribution in [0.3, 0.4) is 0 Å². The van der Waals surface area contributed by atoms with E-state index in [4.69, 9.17) is 4.42 Å². The summed E-state index contributed by atoms with van der Waals surface area (Å²) in [4.78, 5) is 22.9. The van der Waals surface area contributed by atoms with Gasteiger partial charge in [-0.3, -0.25) is 4.90 Å². The van der Waals surface area contributed by atoms with Gasteiger partial charge in [0.2, 0.25) is 0 Å². The van der Waals surface area contributed by atoms with Crippen LogP contribution in [0.4, 0.5) is 24.7 Å². The summed E-state index contributed by atoms with van der Waals surface area (Å²) < 4.78 is 48.7. The van der Waals surface area contributed by atoms with Gasteiger partial charge in [-0.15, -0.1) is 11.3 Å². The van der Waals surface area contributed by atoms with E-state index >= 15 is 0 Å². The Labute approximate surface area is 201 Å². The summed E-state index contributed by atoms with van der Waals surface area (Å²) in [7, 11) is 0. The van der Waals surface area contributed by atoms with Crippen molar-refractivity contribution in [2.75, 3.05) is 31.5 Å². The van der Waals surface area contributed by atoms with Crippen LogP contribution >= 0.6 is 11.3 Å². The van der Waals surface area contributed by atoms with Crippen molar-refractivity contribution in [1.29, 1.82) is 0 Å². The van der Waals surface area contributed by atoms with Crippen molar-refractivity contribution in [2.45, 2.75) is 12.7 Å². The summed E-state index contributed by atoms with van der Waals surface area (Å²) in [5, 5.41) is 6.40. The lowest BCUT2D eigenvalue weighted by atomic mass is 10.3. The van der Waals surface area contributed by atoms with Gasteiger partial charge in [-0.25, -0.2) is 14.8 Å². The van der Waals surface area contributed by atoms with Gasteiger partial charge in [0, 0.05) is 37.9 Å². The second kappa shape index (κ2) is 9.64. The van der Waals surface area contributed by atoms with E-state index in [2.05, 4.69) is 30.2 Å². The van der Waals surface area contributed by atoms with Crippen LogP contribution in [0.15, 0.2) is 53.2 Å². The van der Waals surface area contributed by atoms with Crippen molar-refractivity contribution in [3.8, 4) is 16.4 Å². The van der Waals surface area contributed by atoms with Crippen LogP contribution in [0.2, 0.25) is 0 Å². The molecule has 0 atom stereocenters. The van der Waals surface area contributed by atoms with Gasteiger partial charge in [0.1, 0.15) is 23.6 Å². The van der Waals surface area contributed by atoms with E-state index in [0.717, 1.165) is 53.8 Å². The van der Waals surface area contributed by atoms with Gasteiger partial charge >= 0.3 is 12.1 Å². The van der Waals surface area contributed by atoms with E-state index in [9.17, 15) is 18.0 Å². The number of benzene rings is 1. The number of fused-ring (bicyclic) bond motifs is 1. The molecule has 182 valence electrons. The maximum atomic E-state index is 12.5. The Bertz CT molecular complexity index is 1350. The highest BCUT2D eigenvalue weighted by Gasteiger charge is 2.41. The Hall–Kier alpha value is -3.48. The van der Waals surface area contributed by atoms with Gasteiger partial charge in [0.25, 0.3) is 0 Å². The van der Waals surface area contributed by atoms with Crippen molar-refractivity contribution < 1.29 is 27.1 Å². The first-order valence-electron chi connectivity index (χ1n) is 10.8. The number of ether oxygens (including phenoxy) is 1. The minimum Gasteiger partial charge on any atom is -0.459 e. The molecule has 5 rings (SSSR count). The SMILES string of the molecule is O=C(Oc1cccc(Nc2ncnc3cc(-c4ccc(CN5CCNCC5)o4)sc23)c1)C(F)(F)F. The summed E-state index contributed by atoms with van der Waals surface area (Å²) in [6, 6.07) is 11.5. The standard InChI is InChI=1S/C23H20F3N5O3S/c24-23(25,26)22(32)34-15-3-1-2-14(10-15)30-21-20-17(28-13-29-21)11-19(35-20)18-5-4-16(33-18)12-31-8-6-27-7-9-31/h1-5,10-11,13,27H,6-9,12H2,(H,28,29,30). The van der Waals surface area contributed by atoms with E-state index in [-0.39, 0.29) is 5.75 Å². The van der Waals surface area contributed by atoms with Crippen molar-refractivity contribution in [1.82, 2.24) is 20.2 Å². The minimum atomic E-state index is -5.08. The number of nitrogens with one attached hydrogen (secondary N) is 2. The molecule has 4 aromatic rings. The lowest BCUT2D eigenvalue weighted by molar-refractivity contribution is -0.189. The number of hydrogen-bond donors (Lipinski definition) is 2. The van der Waals surface area contributed by atoms with Crippen LogP contribution in [0, 0.1) is 0 Å². The molecule has 0 bridgehead atoms. The normalized spacial score (nSPS) is 14.8. The molecule has 1 saturated heterocycles. The molecule has 35 heavy (non-hydrogen) atoms. The number of esters is 1. The monoisotopic (exact) mass is 503 g/mol. The van der Waals surface area contributed by atoms with Crippen LogP contribution < -0.4 is 15.4 Å². The second-order valence-electron chi connectivity index (χ2n) is 7.88. The van der Waals surface area contributed by atoms with Gasteiger partial charge in [0.15, 0.2) is 5.82 Å². The zero-order valence-corrected chi connectivity index (χ0v) is 19.1. The molecule has 0 unspecified atom stereocenters. The number of thiophene rings is 1. The number of rotatable bonds is 6. The first-order chi connectivity index (χ1) is 16.8. The number of carbonyl (C=O) groups excluding carboxylic acids is 1. The fraction of sp³-hybridized carbons (Fsp3) is 0.261. The predicted octanol–water partition coefficient (Wildman–Crippen LogP) is 4.57. The molecular weight excluding hydrogens is 483 g/mol. The predicted molar refractivity (Wildman–Crippen MR) is 125 cm³/mol. The molecule has 12 heteroatoms. The topological polar surface area (TPSA) is 92.5 Å². The van der Waals surface area contributed by atoms with Crippen LogP contribution in [-0.4, -0.2) is 53.2 Å². The lowest BCUT2D eigenvalue weighted by Crippen LogP contribution is -2.42. The number of aromatic nitrogens is 2. The second-order valence-corrected chi connectivity index (χ2v) is 8.93. The molecule has 8 nitrogen and oxygen atoms in total. The highest BCUT2D eigenvalue weighted by Crippen LogP contribution is 2.37. The quantitative estimate of drug-likeness (QED) is 0.292. The third kappa shape index (κ3) is 5.45. The van der Waals surface area contributed by atoms with Gasteiger partial charge in [-0.1, -0.05) is 6.07 Å². The minimum absolute atomic E-state index is 0.234. The third-order valence-electron chi connectivity index (χ3n) is 5.34. The third-order valence-corrected chi connectivity index (χ3v) is 6.49. The van der Waals surface area contributed by atoms with E-state index in [1.54, 1.807) is 6.07 Å². The Morgan fingerprint density at radius 2 is 2.00 bits per heavy atom. The average molecular weight is 504 g/mol. The smallest absolute Gasteiger partial charge is 0.459 e. The van der Waals surface area contributed by atoms with Gasteiger partial charge in [-0.05, 0) is 30.3 Å². The number of anilines is 2. The van der Waals surface area contributed by atoms with E-state index in [0.29, 0.717) is 17.0 Å². The van der Waals surface area contributed by atoms with E-state index in [1.165, 1.54) is 35.9 Å². The van der Waals surface area contributed by atoms with Crippen LogP contribution in [0.1, 0.15) is 5.76 Å². The fourth-order valence-corrected chi connectivity index (χ4v) is 4.71. The summed E-state index contributed by atoms with van der Waals surface area (Å²) in [5.41, 5.74) is 1.10. The number of furan rings is 1. The molecule has 3 aromatic heterocycles. The Morgan fingerprint density at radius 3 is 2.80 bits per heavy atom. The fourth-order valence-electron chi connectivity index (χ4n) is 3.69. The number of halogens is 3. The molecule has 0 radical (unpaired) electrons. The molecule has 2 N–H and O–H groups in total. The first-order valence-corrected chi connectivity index (χ1v) is 11.6. The first kappa shape index (κ1) is 23.3. The molecule has 1 aliphatic heterocycles. The van der Waals surface area contributed by atoms with E-state index < -0.39 is 12.1 Å². The number of alkyl halides is 3. The zero-order chi connectivity index (χ0) is 24.4. The highest BCUT2D eigenvalue weighted by atomic mass is 32.1. The summed E-state index contributed by atoms with van der Waals surface area (Å²) >= 11 is 1.43. The van der Waals surface area contributed by atoms with Crippen LogP contribution in [0.5, 0.6) is 5.75 Å². The summed E-state index contributed by atoms with van der Waals surface area (Å²) in [6.45, 7) is 4.62. The van der Waals surface area contributed by atoms with Crippen LogP contribution in [0.25, 0.3) is 20.9 Å². The number of hydrogen-bond acceptors (Lipinski definition) is 9. The molecule has 1 aliphatic rings. The summed E-state index contributed by atoms with van der Waals surface area (Å²) in [6.07, 6.45) is -3.68. The Morgan fingerprint density at radius 1 is 1.17 bits per heavy atom. The number of carbonyl (C=O) groups is 1. The van der Waals surface area contributed by atoms with Gasteiger partial charge < -0.3 is 19.8 Å². The molecule has 1 aromatic carbocycles. The molecule has 0 saturated carbocycles. The van der Waals surface area contributed by atoms with Crippen molar-refractivity contribution in [3.63, 3.8) is 0 Å². The average Bonchev–Trinajstić information content (AvgIpc) is 3.47. The lowest BCUT2D eigenvalue weighted by Gasteiger charge is -2.26. The van der Waals surface area contributed by atoms with Crippen LogP contribution in [-0.2, 0) is 11.3 Å². The maximum Gasteiger partial charge on any atom is 0.491 e. The Kier molecular flexibility index (Phi) is 6.41. The summed E-state index contributed by atoms with van der Waals surface area (Å²) in [5.74, 6) is -0.434.